The van der Waals surface area contributed by atoms with Crippen molar-refractivity contribution in [1.29, 1.82) is 0 Å². The SMILES string of the molecule is C=C1C(=O)N(C(CCC)CCC#CC(=O)c2cccc(-c3noc(C(F)(F)F)n3)c2)c2ccccc21.[HH]. The van der Waals surface area contributed by atoms with Crippen molar-refractivity contribution < 1.29 is 28.7 Å². The lowest BCUT2D eigenvalue weighted by Crippen LogP contribution is -2.37. The number of carbonyl (C=O) groups excluding carboxylic acids is 2. The minimum Gasteiger partial charge on any atom is -0.329 e. The van der Waals surface area contributed by atoms with Crippen LogP contribution in [0.15, 0.2) is 59.6 Å². The second-order valence-corrected chi connectivity index (χ2v) is 8.28. The highest BCUT2D eigenvalue weighted by Gasteiger charge is 2.38. The molecule has 1 atom stereocenters. The molecule has 0 radical (unpaired) electrons. The van der Waals surface area contributed by atoms with Gasteiger partial charge in [-0.3, -0.25) is 9.59 Å². The molecule has 0 saturated heterocycles. The first-order chi connectivity index (χ1) is 17.2. The van der Waals surface area contributed by atoms with Crippen LogP contribution in [0.25, 0.3) is 17.0 Å². The first-order valence-corrected chi connectivity index (χ1v) is 11.4. The standard InChI is InChI=1S/C27H22F3N3O3.H2/c1-3-9-20(33-22-14-6-5-13-21(22)17(2)25(33)35)12-4-7-15-23(34)18-10-8-11-19(16-18)24-31-26(36-32-24)27(28,29)30;/h5-6,8,10-11,13-14,16,20H,2-4,9,12H2,1H3;1H. The van der Waals surface area contributed by atoms with Gasteiger partial charge in [-0.2, -0.15) is 18.2 Å². The minimum absolute atomic E-state index is 0. The van der Waals surface area contributed by atoms with Crippen LogP contribution in [0.2, 0.25) is 0 Å². The molecule has 2 aromatic carbocycles. The number of alkyl halides is 3. The largest absolute Gasteiger partial charge is 0.471 e. The Hall–Kier alpha value is -4.19. The molecule has 1 aliphatic heterocycles. The van der Waals surface area contributed by atoms with Gasteiger partial charge in [0.15, 0.2) is 0 Å². The third-order valence-corrected chi connectivity index (χ3v) is 5.81. The zero-order valence-electron chi connectivity index (χ0n) is 19.4. The number of aromatic nitrogens is 2. The number of benzene rings is 2. The average molecular weight is 496 g/mol. The number of halogens is 3. The number of ketones is 1. The molecule has 3 aromatic rings. The molecule has 1 unspecified atom stereocenters. The number of anilines is 1. The molecule has 186 valence electrons. The summed E-state index contributed by atoms with van der Waals surface area (Å²) >= 11 is 0. The third kappa shape index (κ3) is 5.08. The van der Waals surface area contributed by atoms with Gasteiger partial charge in [-0.1, -0.05) is 67.4 Å². The summed E-state index contributed by atoms with van der Waals surface area (Å²) in [7, 11) is 0. The van der Waals surface area contributed by atoms with Gasteiger partial charge in [0, 0.05) is 36.2 Å². The fraction of sp³-hybridized carbons (Fsp3) is 0.259. The Morgan fingerprint density at radius 2 is 1.97 bits per heavy atom. The van der Waals surface area contributed by atoms with Gasteiger partial charge in [0.2, 0.25) is 11.6 Å². The lowest BCUT2D eigenvalue weighted by molar-refractivity contribution is -0.159. The van der Waals surface area contributed by atoms with Crippen LogP contribution in [0.4, 0.5) is 18.9 Å². The van der Waals surface area contributed by atoms with E-state index in [0.29, 0.717) is 18.4 Å². The number of Topliss-reactive ketones (excluding diaryl/α,β-unsaturated/α-hetero) is 1. The fourth-order valence-corrected chi connectivity index (χ4v) is 4.12. The van der Waals surface area contributed by atoms with Crippen LogP contribution in [0.5, 0.6) is 0 Å². The number of para-hydroxylation sites is 1. The Labute approximate surface area is 207 Å². The van der Waals surface area contributed by atoms with Crippen molar-refractivity contribution in [3.05, 3.63) is 72.1 Å². The van der Waals surface area contributed by atoms with E-state index in [1.54, 1.807) is 4.90 Å². The molecule has 0 aliphatic carbocycles. The van der Waals surface area contributed by atoms with E-state index in [9.17, 15) is 22.8 Å². The van der Waals surface area contributed by atoms with Crippen molar-refractivity contribution >= 4 is 23.0 Å². The van der Waals surface area contributed by atoms with Crippen LogP contribution in [-0.2, 0) is 11.0 Å². The Balaban J connectivity index is 0.00000380. The maximum Gasteiger partial charge on any atom is 0.471 e. The molecule has 1 aliphatic rings. The summed E-state index contributed by atoms with van der Waals surface area (Å²) in [4.78, 5) is 30.6. The molecule has 0 fully saturated rings. The van der Waals surface area contributed by atoms with E-state index >= 15 is 0 Å². The van der Waals surface area contributed by atoms with E-state index in [1.807, 2.05) is 31.2 Å². The summed E-state index contributed by atoms with van der Waals surface area (Å²) in [5, 5.41) is 3.34. The van der Waals surface area contributed by atoms with Gasteiger partial charge in [-0.05, 0) is 30.9 Å². The molecule has 0 saturated carbocycles. The maximum absolute atomic E-state index is 12.9. The summed E-state index contributed by atoms with van der Waals surface area (Å²) in [6.45, 7) is 5.97. The number of nitrogens with zero attached hydrogens (tertiary/aromatic N) is 3. The molecule has 6 nitrogen and oxygen atoms in total. The molecule has 9 heteroatoms. The van der Waals surface area contributed by atoms with E-state index in [-0.39, 0.29) is 30.3 Å². The summed E-state index contributed by atoms with van der Waals surface area (Å²) < 4.78 is 42.4. The number of rotatable bonds is 7. The highest BCUT2D eigenvalue weighted by atomic mass is 19.4. The molecule has 0 bridgehead atoms. The van der Waals surface area contributed by atoms with Crippen molar-refractivity contribution in [1.82, 2.24) is 10.1 Å². The first-order valence-electron chi connectivity index (χ1n) is 11.4. The highest BCUT2D eigenvalue weighted by molar-refractivity contribution is 6.32. The quantitative estimate of drug-likeness (QED) is 0.169. The Morgan fingerprint density at radius 1 is 1.19 bits per heavy atom. The van der Waals surface area contributed by atoms with Gasteiger partial charge < -0.3 is 9.42 Å². The molecule has 1 amide bonds. The summed E-state index contributed by atoms with van der Waals surface area (Å²) in [5.41, 5.74) is 2.53. The molecule has 36 heavy (non-hydrogen) atoms. The van der Waals surface area contributed by atoms with Crippen LogP contribution in [0.3, 0.4) is 0 Å². The molecule has 1 aromatic heterocycles. The fourth-order valence-electron chi connectivity index (χ4n) is 4.12. The normalized spacial score (nSPS) is 13.8. The van der Waals surface area contributed by atoms with Crippen molar-refractivity contribution in [2.45, 2.75) is 44.8 Å². The Bertz CT molecular complexity index is 1390. The Kier molecular flexibility index (Phi) is 7.06. The number of fused-ring (bicyclic) bond motifs is 1. The van der Waals surface area contributed by atoms with Crippen molar-refractivity contribution in [2.75, 3.05) is 4.90 Å². The molecule has 4 rings (SSSR count). The highest BCUT2D eigenvalue weighted by Crippen LogP contribution is 2.38. The molecule has 0 N–H and O–H groups in total. The number of hydrogen-bond acceptors (Lipinski definition) is 5. The van der Waals surface area contributed by atoms with Gasteiger partial charge >= 0.3 is 12.1 Å². The summed E-state index contributed by atoms with van der Waals surface area (Å²) in [6.07, 6.45) is -2.16. The number of carbonyl (C=O) groups is 2. The van der Waals surface area contributed by atoms with Crippen molar-refractivity contribution in [3.8, 4) is 23.2 Å². The van der Waals surface area contributed by atoms with Gasteiger partial charge in [0.05, 0.1) is 5.69 Å². The lowest BCUT2D eigenvalue weighted by Gasteiger charge is -2.28. The van der Waals surface area contributed by atoms with Crippen LogP contribution >= 0.6 is 0 Å². The van der Waals surface area contributed by atoms with Crippen LogP contribution in [-0.4, -0.2) is 27.9 Å². The first kappa shape index (κ1) is 24.9. The van der Waals surface area contributed by atoms with Gasteiger partial charge in [0.1, 0.15) is 0 Å². The van der Waals surface area contributed by atoms with Crippen molar-refractivity contribution in [3.63, 3.8) is 0 Å². The average Bonchev–Trinajstić information content (AvgIpc) is 3.46. The van der Waals surface area contributed by atoms with Crippen molar-refractivity contribution in [2.24, 2.45) is 0 Å². The summed E-state index contributed by atoms with van der Waals surface area (Å²) in [5.74, 6) is 3.11. The van der Waals surface area contributed by atoms with E-state index in [2.05, 4.69) is 33.1 Å². The zero-order valence-corrected chi connectivity index (χ0v) is 19.4. The van der Waals surface area contributed by atoms with Crippen LogP contribution in [0.1, 0.15) is 55.8 Å². The molecule has 2 heterocycles. The summed E-state index contributed by atoms with van der Waals surface area (Å²) in [6, 6.07) is 13.3. The van der Waals surface area contributed by atoms with E-state index in [4.69, 9.17) is 0 Å². The smallest absolute Gasteiger partial charge is 0.329 e. The predicted molar refractivity (Wildman–Crippen MR) is 130 cm³/mol. The Morgan fingerprint density at radius 3 is 2.69 bits per heavy atom. The van der Waals surface area contributed by atoms with Gasteiger partial charge in [-0.15, -0.1) is 0 Å². The van der Waals surface area contributed by atoms with Crippen LogP contribution < -0.4 is 4.90 Å². The zero-order chi connectivity index (χ0) is 25.9. The predicted octanol–water partition coefficient (Wildman–Crippen LogP) is 6.20. The molecular formula is C27H24F3N3O3. The molecular weight excluding hydrogens is 471 g/mol. The second-order valence-electron chi connectivity index (χ2n) is 8.28. The third-order valence-electron chi connectivity index (χ3n) is 5.81. The number of amides is 1. The lowest BCUT2D eigenvalue weighted by atomic mass is 10.0. The van der Waals surface area contributed by atoms with E-state index < -0.39 is 17.9 Å². The van der Waals surface area contributed by atoms with Gasteiger partial charge in [0.25, 0.3) is 5.91 Å². The minimum atomic E-state index is -4.76. The molecule has 0 spiro atoms. The topological polar surface area (TPSA) is 76.3 Å². The number of hydrogen-bond donors (Lipinski definition) is 0. The van der Waals surface area contributed by atoms with E-state index in [1.165, 1.54) is 24.3 Å². The van der Waals surface area contributed by atoms with Crippen LogP contribution in [0, 0.1) is 11.8 Å². The second kappa shape index (κ2) is 10.2. The van der Waals surface area contributed by atoms with E-state index in [0.717, 1.165) is 24.1 Å². The van der Waals surface area contributed by atoms with Gasteiger partial charge in [-0.25, -0.2) is 0 Å². The monoisotopic (exact) mass is 495 g/mol. The maximum atomic E-state index is 12.9.